The van der Waals surface area contributed by atoms with Crippen molar-refractivity contribution in [3.63, 3.8) is 0 Å². The van der Waals surface area contributed by atoms with Crippen LogP contribution in [-0.2, 0) is 4.74 Å². The van der Waals surface area contributed by atoms with Crippen molar-refractivity contribution in [1.29, 1.82) is 0 Å². The fraction of sp³-hybridized carbons (Fsp3) is 1.00. The number of rotatable bonds is 2. The van der Waals surface area contributed by atoms with E-state index >= 15 is 0 Å². The second-order valence-electron chi connectivity index (χ2n) is 6.38. The Balaban J connectivity index is 1.90. The lowest BCUT2D eigenvalue weighted by atomic mass is 9.49. The number of fused-ring (bicyclic) bond motifs is 3. The van der Waals surface area contributed by atoms with Gasteiger partial charge in [0.05, 0.1) is 12.2 Å². The maximum Gasteiger partial charge on any atom is 0.0772 e. The number of hydrogen-bond donors (Lipinski definition) is 2. The molecule has 3 nitrogen and oxygen atoms in total. The molecule has 3 heteroatoms. The fourth-order valence-corrected chi connectivity index (χ4v) is 4.72. The summed E-state index contributed by atoms with van der Waals surface area (Å²) in [6, 6.07) is 0. The molecule has 0 aromatic heterocycles. The van der Waals surface area contributed by atoms with Gasteiger partial charge in [-0.05, 0) is 31.1 Å². The Bertz CT molecular complexity index is 277. The van der Waals surface area contributed by atoms with Gasteiger partial charge in [0.15, 0.2) is 0 Å². The Hall–Kier alpha value is -0.120. The summed E-state index contributed by atoms with van der Waals surface area (Å²) in [5, 5.41) is 21.0. The van der Waals surface area contributed by atoms with Crippen molar-refractivity contribution in [2.75, 3.05) is 19.8 Å². The average molecular weight is 240 g/mol. The van der Waals surface area contributed by atoms with Gasteiger partial charge < -0.3 is 14.9 Å². The predicted octanol–water partition coefficient (Wildman–Crippen LogP) is 1.72. The highest BCUT2D eigenvalue weighted by Gasteiger charge is 2.58. The zero-order valence-electron chi connectivity index (χ0n) is 10.5. The molecule has 98 valence electrons. The molecule has 1 atom stereocenters. The Morgan fingerprint density at radius 1 is 1.06 bits per heavy atom. The van der Waals surface area contributed by atoms with Crippen molar-refractivity contribution in [1.82, 2.24) is 0 Å². The summed E-state index contributed by atoms with van der Waals surface area (Å²) in [4.78, 5) is 0. The van der Waals surface area contributed by atoms with Crippen LogP contribution in [0.2, 0.25) is 0 Å². The highest BCUT2D eigenvalue weighted by Crippen LogP contribution is 2.59. The molecule has 0 aromatic carbocycles. The third kappa shape index (κ3) is 1.66. The summed E-state index contributed by atoms with van der Waals surface area (Å²) in [7, 11) is 0. The maximum absolute atomic E-state index is 11.0. The van der Waals surface area contributed by atoms with Gasteiger partial charge in [-0.25, -0.2) is 0 Å². The standard InChI is InChI=1S/C14H24O3/c15-10-13(14(16)5-7-17-8-6-14)9-11-1-3-12(13)4-2-11/h11-12,15-16H,1-10H2. The van der Waals surface area contributed by atoms with Crippen molar-refractivity contribution in [3.05, 3.63) is 0 Å². The molecule has 0 spiro atoms. The predicted molar refractivity (Wildman–Crippen MR) is 64.6 cm³/mol. The van der Waals surface area contributed by atoms with E-state index in [0.29, 0.717) is 32.0 Å². The van der Waals surface area contributed by atoms with E-state index in [1.54, 1.807) is 0 Å². The summed E-state index contributed by atoms with van der Waals surface area (Å²) in [6.07, 6.45) is 7.46. The minimum atomic E-state index is -0.677. The normalized spacial score (nSPS) is 44.8. The van der Waals surface area contributed by atoms with Crippen LogP contribution in [-0.4, -0.2) is 35.6 Å². The average Bonchev–Trinajstić information content (AvgIpc) is 2.40. The Morgan fingerprint density at radius 3 is 2.18 bits per heavy atom. The largest absolute Gasteiger partial charge is 0.396 e. The first-order chi connectivity index (χ1) is 8.20. The number of aliphatic hydroxyl groups is 2. The molecule has 3 aliphatic carbocycles. The minimum Gasteiger partial charge on any atom is -0.396 e. The highest BCUT2D eigenvalue weighted by molar-refractivity contribution is 5.08. The number of aliphatic hydroxyl groups excluding tert-OH is 1. The molecule has 1 saturated heterocycles. The van der Waals surface area contributed by atoms with Gasteiger partial charge in [-0.3, -0.25) is 0 Å². The molecular weight excluding hydrogens is 216 g/mol. The van der Waals surface area contributed by atoms with Crippen LogP contribution in [0, 0.1) is 17.3 Å². The van der Waals surface area contributed by atoms with E-state index in [-0.39, 0.29) is 12.0 Å². The monoisotopic (exact) mass is 240 g/mol. The van der Waals surface area contributed by atoms with Crippen molar-refractivity contribution >= 4 is 0 Å². The second-order valence-corrected chi connectivity index (χ2v) is 6.38. The van der Waals surface area contributed by atoms with Gasteiger partial charge in [-0.2, -0.15) is 0 Å². The fourth-order valence-electron chi connectivity index (χ4n) is 4.72. The lowest BCUT2D eigenvalue weighted by Gasteiger charge is -2.59. The van der Waals surface area contributed by atoms with E-state index in [1.165, 1.54) is 25.7 Å². The number of ether oxygens (including phenoxy) is 1. The maximum atomic E-state index is 11.0. The first-order valence-corrected chi connectivity index (χ1v) is 7.11. The van der Waals surface area contributed by atoms with Crippen molar-refractivity contribution in [2.24, 2.45) is 17.3 Å². The number of hydrogen-bond acceptors (Lipinski definition) is 3. The first kappa shape index (κ1) is 11.9. The second kappa shape index (κ2) is 4.22. The topological polar surface area (TPSA) is 49.7 Å². The molecule has 1 aliphatic heterocycles. The summed E-state index contributed by atoms with van der Waals surface area (Å²) < 4.78 is 5.38. The minimum absolute atomic E-state index is 0.157. The van der Waals surface area contributed by atoms with Gasteiger partial charge in [0.2, 0.25) is 0 Å². The smallest absolute Gasteiger partial charge is 0.0772 e. The van der Waals surface area contributed by atoms with E-state index in [2.05, 4.69) is 0 Å². The Kier molecular flexibility index (Phi) is 2.96. The molecular formula is C14H24O3. The molecule has 4 aliphatic rings. The van der Waals surface area contributed by atoms with Crippen molar-refractivity contribution in [3.8, 4) is 0 Å². The van der Waals surface area contributed by atoms with Crippen LogP contribution < -0.4 is 0 Å². The molecule has 1 unspecified atom stereocenters. The van der Waals surface area contributed by atoms with E-state index < -0.39 is 5.60 Å². The SMILES string of the molecule is OCC1(C2(O)CCOCC2)CC2CCC1CC2. The first-order valence-electron chi connectivity index (χ1n) is 7.11. The summed E-state index contributed by atoms with van der Waals surface area (Å²) in [6.45, 7) is 1.45. The van der Waals surface area contributed by atoms with E-state index in [4.69, 9.17) is 4.74 Å². The molecule has 2 bridgehead atoms. The van der Waals surface area contributed by atoms with Crippen molar-refractivity contribution < 1.29 is 14.9 Å². The summed E-state index contributed by atoms with van der Waals surface area (Å²) >= 11 is 0. The van der Waals surface area contributed by atoms with Crippen LogP contribution in [0.1, 0.15) is 44.9 Å². The molecule has 0 radical (unpaired) electrons. The van der Waals surface area contributed by atoms with Crippen LogP contribution in [0.4, 0.5) is 0 Å². The third-order valence-corrected chi connectivity index (χ3v) is 5.81. The summed E-state index contributed by atoms with van der Waals surface area (Å²) in [5.41, 5.74) is -0.901. The molecule has 4 fully saturated rings. The molecule has 0 aromatic rings. The molecule has 4 rings (SSSR count). The highest BCUT2D eigenvalue weighted by atomic mass is 16.5. The quantitative estimate of drug-likeness (QED) is 0.772. The van der Waals surface area contributed by atoms with Gasteiger partial charge in [-0.1, -0.05) is 12.8 Å². The van der Waals surface area contributed by atoms with Gasteiger partial charge in [0.25, 0.3) is 0 Å². The van der Waals surface area contributed by atoms with Gasteiger partial charge >= 0.3 is 0 Å². The van der Waals surface area contributed by atoms with E-state index in [1.807, 2.05) is 0 Å². The summed E-state index contributed by atoms with van der Waals surface area (Å²) in [5.74, 6) is 1.26. The van der Waals surface area contributed by atoms with E-state index in [9.17, 15) is 10.2 Å². The Morgan fingerprint density at radius 2 is 1.71 bits per heavy atom. The van der Waals surface area contributed by atoms with Crippen LogP contribution in [0.15, 0.2) is 0 Å². The molecule has 0 amide bonds. The molecule has 17 heavy (non-hydrogen) atoms. The van der Waals surface area contributed by atoms with E-state index in [0.717, 1.165) is 12.3 Å². The van der Waals surface area contributed by atoms with Crippen LogP contribution in [0.25, 0.3) is 0 Å². The lowest BCUT2D eigenvalue weighted by molar-refractivity contribution is -0.213. The molecule has 2 N–H and O–H groups in total. The van der Waals surface area contributed by atoms with Gasteiger partial charge in [0, 0.05) is 31.5 Å². The lowest BCUT2D eigenvalue weighted by Crippen LogP contribution is -2.61. The van der Waals surface area contributed by atoms with Crippen LogP contribution in [0.5, 0.6) is 0 Å². The van der Waals surface area contributed by atoms with Gasteiger partial charge in [-0.15, -0.1) is 0 Å². The van der Waals surface area contributed by atoms with Crippen molar-refractivity contribution in [2.45, 2.75) is 50.5 Å². The van der Waals surface area contributed by atoms with Crippen LogP contribution >= 0.6 is 0 Å². The third-order valence-electron chi connectivity index (χ3n) is 5.81. The Labute approximate surface area is 103 Å². The van der Waals surface area contributed by atoms with Gasteiger partial charge in [0.1, 0.15) is 0 Å². The molecule has 1 heterocycles. The van der Waals surface area contributed by atoms with Crippen LogP contribution in [0.3, 0.4) is 0 Å². The zero-order valence-corrected chi connectivity index (χ0v) is 10.5. The molecule has 3 saturated carbocycles. The zero-order chi connectivity index (χ0) is 11.9.